The number of nitro groups is 1. The Morgan fingerprint density at radius 1 is 1.83 bits per heavy atom. The molecule has 0 atom stereocenters. The maximum atomic E-state index is 10.3. The summed E-state index contributed by atoms with van der Waals surface area (Å²) in [5.41, 5.74) is 0.560. The number of halogens is 1. The molecule has 0 unspecified atom stereocenters. The molecular weight excluding hydrogens is 182 g/mol. The highest BCUT2D eigenvalue weighted by molar-refractivity contribution is 6.17. The Labute approximate surface area is 74.1 Å². The highest BCUT2D eigenvalue weighted by atomic mass is 35.5. The topological polar surface area (TPSA) is 61.0 Å². The third-order valence-electron chi connectivity index (χ3n) is 1.41. The summed E-state index contributed by atoms with van der Waals surface area (Å²) in [7, 11) is 0. The van der Waals surface area contributed by atoms with Crippen LogP contribution in [0.15, 0.2) is 6.20 Å². The maximum Gasteiger partial charge on any atom is 0.392 e. The first kappa shape index (κ1) is 8.99. The Balaban J connectivity index is 2.92. The molecule has 0 aromatic carbocycles. The summed E-state index contributed by atoms with van der Waals surface area (Å²) in [6, 6.07) is 0. The van der Waals surface area contributed by atoms with Crippen LogP contribution >= 0.6 is 11.6 Å². The summed E-state index contributed by atoms with van der Waals surface area (Å²) in [6.07, 6.45) is 1.61. The molecule has 12 heavy (non-hydrogen) atoms. The second-order valence-corrected chi connectivity index (χ2v) is 2.72. The highest BCUT2D eigenvalue weighted by Crippen LogP contribution is 2.13. The average molecular weight is 190 g/mol. The van der Waals surface area contributed by atoms with E-state index < -0.39 is 4.92 Å². The minimum Gasteiger partial charge on any atom is -0.358 e. The first-order valence-electron chi connectivity index (χ1n) is 3.39. The van der Waals surface area contributed by atoms with Gasteiger partial charge in [-0.3, -0.25) is 0 Å². The molecule has 0 N–H and O–H groups in total. The molecule has 0 aliphatic heterocycles. The van der Waals surface area contributed by atoms with Crippen molar-refractivity contribution in [1.82, 2.24) is 9.78 Å². The number of rotatable bonds is 3. The molecule has 1 aromatic heterocycles. The van der Waals surface area contributed by atoms with Crippen LogP contribution in [-0.2, 0) is 6.54 Å². The van der Waals surface area contributed by atoms with Gasteiger partial charge in [0.1, 0.15) is 0 Å². The number of hydrogen-bond acceptors (Lipinski definition) is 3. The van der Waals surface area contributed by atoms with Crippen LogP contribution in [0.4, 0.5) is 5.82 Å². The van der Waals surface area contributed by atoms with Crippen LogP contribution < -0.4 is 0 Å². The predicted octanol–water partition coefficient (Wildman–Crippen LogP) is 1.34. The van der Waals surface area contributed by atoms with Gasteiger partial charge in [-0.2, -0.15) is 4.68 Å². The zero-order valence-corrected chi connectivity index (χ0v) is 7.28. The molecule has 0 fully saturated rings. The predicted molar refractivity (Wildman–Crippen MR) is 44.3 cm³/mol. The van der Waals surface area contributed by atoms with E-state index in [1.165, 1.54) is 4.68 Å². The fourth-order valence-electron chi connectivity index (χ4n) is 0.892. The summed E-state index contributed by atoms with van der Waals surface area (Å²) in [5.74, 6) is 0.304. The maximum absolute atomic E-state index is 10.3. The number of nitrogens with zero attached hydrogens (tertiary/aromatic N) is 3. The van der Waals surface area contributed by atoms with Crippen molar-refractivity contribution in [3.05, 3.63) is 21.9 Å². The molecule has 0 spiro atoms. The molecule has 1 aromatic rings. The average Bonchev–Trinajstić information content (AvgIpc) is 2.32. The van der Waals surface area contributed by atoms with E-state index >= 15 is 0 Å². The molecule has 0 saturated carbocycles. The summed E-state index contributed by atoms with van der Waals surface area (Å²) < 4.78 is 1.47. The Kier molecular flexibility index (Phi) is 2.65. The smallest absolute Gasteiger partial charge is 0.358 e. The lowest BCUT2D eigenvalue weighted by Crippen LogP contribution is -2.00. The number of aryl methyl sites for hydroxylation is 2. The van der Waals surface area contributed by atoms with Crippen LogP contribution in [0.3, 0.4) is 0 Å². The van der Waals surface area contributed by atoms with Gasteiger partial charge in [-0.1, -0.05) is 0 Å². The van der Waals surface area contributed by atoms with Gasteiger partial charge in [-0.15, -0.1) is 11.6 Å². The number of aromatic nitrogens is 2. The van der Waals surface area contributed by atoms with Gasteiger partial charge in [0.25, 0.3) is 0 Å². The number of hydrogen-bond donors (Lipinski definition) is 0. The summed E-state index contributed by atoms with van der Waals surface area (Å²) >= 11 is 5.45. The molecule has 0 amide bonds. The summed E-state index contributed by atoms with van der Waals surface area (Å²) in [6.45, 7) is 2.14. The molecular formula is C6H8ClN3O2. The largest absolute Gasteiger partial charge is 0.392 e. The van der Waals surface area contributed by atoms with Gasteiger partial charge in [-0.05, 0) is 11.8 Å². The Hall–Kier alpha value is -1.10. The SMILES string of the molecule is Cc1cn(CCCl)nc1[N+](=O)[O-]. The van der Waals surface area contributed by atoms with E-state index in [9.17, 15) is 10.1 Å². The molecule has 1 rings (SSSR count). The van der Waals surface area contributed by atoms with Gasteiger partial charge < -0.3 is 10.1 Å². The zero-order valence-electron chi connectivity index (χ0n) is 6.53. The van der Waals surface area contributed by atoms with E-state index in [-0.39, 0.29) is 5.82 Å². The van der Waals surface area contributed by atoms with Gasteiger partial charge in [0.15, 0.2) is 0 Å². The monoisotopic (exact) mass is 189 g/mol. The van der Waals surface area contributed by atoms with Crippen LogP contribution in [0, 0.1) is 17.0 Å². The van der Waals surface area contributed by atoms with E-state index in [2.05, 4.69) is 5.10 Å². The van der Waals surface area contributed by atoms with Gasteiger partial charge >= 0.3 is 5.82 Å². The van der Waals surface area contributed by atoms with Gasteiger partial charge in [0, 0.05) is 5.88 Å². The molecule has 0 aliphatic rings. The van der Waals surface area contributed by atoms with Crippen molar-refractivity contribution in [3.63, 3.8) is 0 Å². The lowest BCUT2D eigenvalue weighted by Gasteiger charge is -1.87. The van der Waals surface area contributed by atoms with E-state index in [1.807, 2.05) is 0 Å². The normalized spacial score (nSPS) is 10.2. The molecule has 5 nitrogen and oxygen atoms in total. The van der Waals surface area contributed by atoms with Gasteiger partial charge in [0.2, 0.25) is 0 Å². The van der Waals surface area contributed by atoms with Crippen molar-refractivity contribution in [2.45, 2.75) is 13.5 Å². The van der Waals surface area contributed by atoms with E-state index in [4.69, 9.17) is 11.6 Å². The van der Waals surface area contributed by atoms with Crippen LogP contribution in [0.1, 0.15) is 5.56 Å². The lowest BCUT2D eigenvalue weighted by atomic mass is 10.4. The van der Waals surface area contributed by atoms with Gasteiger partial charge in [-0.25, -0.2) is 0 Å². The first-order chi connectivity index (χ1) is 5.65. The Morgan fingerprint density at radius 2 is 2.50 bits per heavy atom. The van der Waals surface area contributed by atoms with E-state index in [0.29, 0.717) is 18.0 Å². The van der Waals surface area contributed by atoms with Crippen LogP contribution in [0.2, 0.25) is 0 Å². The molecule has 0 radical (unpaired) electrons. The van der Waals surface area contributed by atoms with E-state index in [0.717, 1.165) is 0 Å². The van der Waals surface area contributed by atoms with Gasteiger partial charge in [0.05, 0.1) is 23.4 Å². The van der Waals surface area contributed by atoms with Crippen molar-refractivity contribution in [1.29, 1.82) is 0 Å². The number of alkyl halides is 1. The zero-order chi connectivity index (χ0) is 9.14. The fraction of sp³-hybridized carbons (Fsp3) is 0.500. The lowest BCUT2D eigenvalue weighted by molar-refractivity contribution is -0.390. The van der Waals surface area contributed by atoms with Crippen molar-refractivity contribution in [3.8, 4) is 0 Å². The molecule has 6 heteroatoms. The highest BCUT2D eigenvalue weighted by Gasteiger charge is 2.15. The van der Waals surface area contributed by atoms with E-state index in [1.54, 1.807) is 13.1 Å². The van der Waals surface area contributed by atoms with Crippen molar-refractivity contribution in [2.24, 2.45) is 0 Å². The molecule has 66 valence electrons. The third-order valence-corrected chi connectivity index (χ3v) is 1.57. The summed E-state index contributed by atoms with van der Waals surface area (Å²) in [4.78, 5) is 9.84. The van der Waals surface area contributed by atoms with Crippen LogP contribution in [0.5, 0.6) is 0 Å². The van der Waals surface area contributed by atoms with Crippen molar-refractivity contribution in [2.75, 3.05) is 5.88 Å². The Morgan fingerprint density at radius 3 is 2.92 bits per heavy atom. The van der Waals surface area contributed by atoms with Crippen LogP contribution in [-0.4, -0.2) is 20.6 Å². The van der Waals surface area contributed by atoms with Crippen molar-refractivity contribution >= 4 is 17.4 Å². The quantitative estimate of drug-likeness (QED) is 0.410. The second-order valence-electron chi connectivity index (χ2n) is 2.34. The molecule has 0 saturated heterocycles. The summed E-state index contributed by atoms with van der Waals surface area (Å²) in [5, 5.41) is 14.1. The second kappa shape index (κ2) is 3.53. The Bertz CT molecular complexity index is 297. The molecule has 0 bridgehead atoms. The fourth-order valence-corrected chi connectivity index (χ4v) is 1.07. The standard InChI is InChI=1S/C6H8ClN3O2/c1-5-4-9(3-2-7)8-6(5)10(11)12/h4H,2-3H2,1H3. The molecule has 1 heterocycles. The van der Waals surface area contributed by atoms with Crippen LogP contribution in [0.25, 0.3) is 0 Å². The molecule has 0 aliphatic carbocycles. The van der Waals surface area contributed by atoms with Crippen molar-refractivity contribution < 1.29 is 4.92 Å². The minimum atomic E-state index is -0.500. The third kappa shape index (κ3) is 1.73. The first-order valence-corrected chi connectivity index (χ1v) is 3.93. The minimum absolute atomic E-state index is 0.0971.